The maximum absolute atomic E-state index is 12.9. The lowest BCUT2D eigenvalue weighted by molar-refractivity contribution is -0.120. The van der Waals surface area contributed by atoms with Gasteiger partial charge in [-0.3, -0.25) is 15.1 Å². The Morgan fingerprint density at radius 2 is 1.69 bits per heavy atom. The molecule has 0 fully saturated rings. The summed E-state index contributed by atoms with van der Waals surface area (Å²) in [5.41, 5.74) is 2.74. The predicted octanol–water partition coefficient (Wildman–Crippen LogP) is 3.22. The summed E-state index contributed by atoms with van der Waals surface area (Å²) in [6.07, 6.45) is 1.74. The Hall–Kier alpha value is -3.05. The van der Waals surface area contributed by atoms with Gasteiger partial charge < -0.3 is 5.32 Å². The highest BCUT2D eigenvalue weighted by Gasteiger charge is 2.15. The molecule has 0 aliphatic carbocycles. The fourth-order valence-electron chi connectivity index (χ4n) is 2.65. The number of hydrogen-bond acceptors (Lipinski definition) is 3. The minimum Gasteiger partial charge on any atom is -0.351 e. The van der Waals surface area contributed by atoms with Crippen LogP contribution in [0.2, 0.25) is 0 Å². The van der Waals surface area contributed by atoms with Crippen molar-refractivity contribution in [2.75, 3.05) is 6.54 Å². The van der Waals surface area contributed by atoms with Gasteiger partial charge in [-0.05, 0) is 35.4 Å². The van der Waals surface area contributed by atoms with E-state index in [1.54, 1.807) is 18.3 Å². The van der Waals surface area contributed by atoms with E-state index in [0.717, 1.165) is 16.8 Å². The van der Waals surface area contributed by atoms with E-state index in [1.165, 1.54) is 12.1 Å². The van der Waals surface area contributed by atoms with Crippen LogP contribution in [0.1, 0.15) is 22.9 Å². The Bertz CT molecular complexity index is 783. The summed E-state index contributed by atoms with van der Waals surface area (Å²) >= 11 is 0. The van der Waals surface area contributed by atoms with Crippen molar-refractivity contribution in [3.63, 3.8) is 0 Å². The average molecular weight is 349 g/mol. The number of rotatable bonds is 7. The number of hydrogen-bond donors (Lipinski definition) is 2. The van der Waals surface area contributed by atoms with Gasteiger partial charge in [0.1, 0.15) is 5.82 Å². The van der Waals surface area contributed by atoms with Crippen LogP contribution in [0.15, 0.2) is 79.0 Å². The maximum Gasteiger partial charge on any atom is 0.234 e. The maximum atomic E-state index is 12.9. The monoisotopic (exact) mass is 349 g/mol. The lowest BCUT2D eigenvalue weighted by Gasteiger charge is -2.18. The van der Waals surface area contributed by atoms with Gasteiger partial charge in [-0.15, -0.1) is 0 Å². The van der Waals surface area contributed by atoms with Gasteiger partial charge in [0, 0.05) is 12.7 Å². The Morgan fingerprint density at radius 1 is 0.962 bits per heavy atom. The number of benzene rings is 2. The highest BCUT2D eigenvalue weighted by Crippen LogP contribution is 2.19. The molecule has 26 heavy (non-hydrogen) atoms. The first-order chi connectivity index (χ1) is 12.7. The van der Waals surface area contributed by atoms with Gasteiger partial charge in [0.25, 0.3) is 0 Å². The van der Waals surface area contributed by atoms with E-state index in [9.17, 15) is 9.18 Å². The van der Waals surface area contributed by atoms with Crippen molar-refractivity contribution >= 4 is 5.91 Å². The van der Waals surface area contributed by atoms with Crippen molar-refractivity contribution in [2.45, 2.75) is 12.6 Å². The lowest BCUT2D eigenvalue weighted by Crippen LogP contribution is -2.36. The van der Waals surface area contributed by atoms with E-state index in [0.29, 0.717) is 6.54 Å². The van der Waals surface area contributed by atoms with Crippen LogP contribution in [0, 0.1) is 5.82 Å². The number of aromatic nitrogens is 1. The SMILES string of the molecule is O=C(CNC(c1ccccc1)c1ccccn1)NCc1ccc(F)cc1. The molecule has 1 aromatic heterocycles. The van der Waals surface area contributed by atoms with Gasteiger partial charge in [0.05, 0.1) is 18.3 Å². The fourth-order valence-corrected chi connectivity index (χ4v) is 2.65. The van der Waals surface area contributed by atoms with Crippen LogP contribution < -0.4 is 10.6 Å². The zero-order chi connectivity index (χ0) is 18.2. The Morgan fingerprint density at radius 3 is 2.38 bits per heavy atom. The van der Waals surface area contributed by atoms with E-state index in [-0.39, 0.29) is 24.3 Å². The van der Waals surface area contributed by atoms with E-state index in [4.69, 9.17) is 0 Å². The van der Waals surface area contributed by atoms with Crippen molar-refractivity contribution in [3.8, 4) is 0 Å². The summed E-state index contributed by atoms with van der Waals surface area (Å²) in [6.45, 7) is 0.512. The van der Waals surface area contributed by atoms with Crippen molar-refractivity contribution in [1.29, 1.82) is 0 Å². The molecule has 1 amide bonds. The first kappa shape index (κ1) is 17.8. The molecule has 0 spiro atoms. The molecule has 1 unspecified atom stereocenters. The first-order valence-corrected chi connectivity index (χ1v) is 8.43. The summed E-state index contributed by atoms with van der Waals surface area (Å²) in [7, 11) is 0. The van der Waals surface area contributed by atoms with Crippen LogP contribution in [-0.2, 0) is 11.3 Å². The number of nitrogens with zero attached hydrogens (tertiary/aromatic N) is 1. The van der Waals surface area contributed by atoms with Crippen molar-refractivity contribution in [3.05, 3.63) is 102 Å². The van der Waals surface area contributed by atoms with Crippen LogP contribution in [-0.4, -0.2) is 17.4 Å². The highest BCUT2D eigenvalue weighted by atomic mass is 19.1. The van der Waals surface area contributed by atoms with E-state index >= 15 is 0 Å². The molecule has 0 bridgehead atoms. The largest absolute Gasteiger partial charge is 0.351 e. The molecule has 0 aliphatic rings. The molecular weight excluding hydrogens is 329 g/mol. The van der Waals surface area contributed by atoms with Crippen LogP contribution in [0.3, 0.4) is 0 Å². The van der Waals surface area contributed by atoms with Crippen molar-refractivity contribution < 1.29 is 9.18 Å². The number of carbonyl (C=O) groups excluding carboxylic acids is 1. The molecule has 0 aliphatic heterocycles. The lowest BCUT2D eigenvalue weighted by atomic mass is 10.0. The fraction of sp³-hybridized carbons (Fsp3) is 0.143. The summed E-state index contributed by atoms with van der Waals surface area (Å²) in [4.78, 5) is 16.6. The molecule has 0 saturated heterocycles. The topological polar surface area (TPSA) is 54.0 Å². The van der Waals surface area contributed by atoms with Gasteiger partial charge in [0.2, 0.25) is 5.91 Å². The zero-order valence-electron chi connectivity index (χ0n) is 14.2. The molecule has 2 aromatic carbocycles. The molecule has 4 nitrogen and oxygen atoms in total. The molecule has 5 heteroatoms. The second-order valence-electron chi connectivity index (χ2n) is 5.88. The molecule has 1 heterocycles. The number of halogens is 1. The third kappa shape index (κ3) is 4.97. The smallest absolute Gasteiger partial charge is 0.234 e. The van der Waals surface area contributed by atoms with Crippen LogP contribution in [0.25, 0.3) is 0 Å². The standard InChI is InChI=1S/C21H20FN3O/c22-18-11-9-16(10-12-18)14-24-20(26)15-25-21(17-6-2-1-3-7-17)19-8-4-5-13-23-19/h1-13,21,25H,14-15H2,(H,24,26). The molecule has 0 radical (unpaired) electrons. The van der Waals surface area contributed by atoms with Crippen molar-refractivity contribution in [2.24, 2.45) is 0 Å². The third-order valence-corrected chi connectivity index (χ3v) is 3.99. The number of nitrogens with one attached hydrogen (secondary N) is 2. The van der Waals surface area contributed by atoms with Crippen molar-refractivity contribution in [1.82, 2.24) is 15.6 Å². The Balaban J connectivity index is 1.60. The normalized spacial score (nSPS) is 11.7. The number of carbonyl (C=O) groups is 1. The molecular formula is C21H20FN3O. The minimum atomic E-state index is -0.289. The van der Waals surface area contributed by atoms with Gasteiger partial charge in [-0.25, -0.2) is 4.39 Å². The number of pyridine rings is 1. The molecule has 3 rings (SSSR count). The predicted molar refractivity (Wildman–Crippen MR) is 98.8 cm³/mol. The van der Waals surface area contributed by atoms with Gasteiger partial charge in [0.15, 0.2) is 0 Å². The van der Waals surface area contributed by atoms with E-state index < -0.39 is 0 Å². The van der Waals surface area contributed by atoms with Gasteiger partial charge in [-0.1, -0.05) is 48.5 Å². The summed E-state index contributed by atoms with van der Waals surface area (Å²) in [5, 5.41) is 6.10. The first-order valence-electron chi connectivity index (χ1n) is 8.43. The van der Waals surface area contributed by atoms with E-state index in [2.05, 4.69) is 15.6 Å². The third-order valence-electron chi connectivity index (χ3n) is 3.99. The average Bonchev–Trinajstić information content (AvgIpc) is 2.69. The second kappa shape index (κ2) is 8.87. The molecule has 1 atom stereocenters. The summed E-state index contributed by atoms with van der Waals surface area (Å²) < 4.78 is 12.9. The summed E-state index contributed by atoms with van der Waals surface area (Å²) in [6, 6.07) is 21.5. The Labute approximate surface area is 152 Å². The highest BCUT2D eigenvalue weighted by molar-refractivity contribution is 5.78. The molecule has 2 N–H and O–H groups in total. The van der Waals surface area contributed by atoms with Gasteiger partial charge in [-0.2, -0.15) is 0 Å². The number of amides is 1. The van der Waals surface area contributed by atoms with E-state index in [1.807, 2.05) is 48.5 Å². The molecule has 132 valence electrons. The Kier molecular flexibility index (Phi) is 6.06. The van der Waals surface area contributed by atoms with Gasteiger partial charge >= 0.3 is 0 Å². The van der Waals surface area contributed by atoms with Crippen LogP contribution in [0.4, 0.5) is 4.39 Å². The van der Waals surface area contributed by atoms with Crippen LogP contribution >= 0.6 is 0 Å². The minimum absolute atomic E-state index is 0.133. The van der Waals surface area contributed by atoms with Crippen LogP contribution in [0.5, 0.6) is 0 Å². The molecule has 3 aromatic rings. The summed E-state index contributed by atoms with van der Waals surface area (Å²) in [5.74, 6) is -0.422. The second-order valence-corrected chi connectivity index (χ2v) is 5.88. The quantitative estimate of drug-likeness (QED) is 0.689. The molecule has 0 saturated carbocycles. The zero-order valence-corrected chi connectivity index (χ0v) is 14.2.